The van der Waals surface area contributed by atoms with E-state index in [0.717, 1.165) is 18.2 Å². The molecular formula is C13H20N4. The van der Waals surface area contributed by atoms with Gasteiger partial charge in [0.05, 0.1) is 12.5 Å². The first-order valence-corrected chi connectivity index (χ1v) is 5.94. The molecule has 0 bridgehead atoms. The normalized spacial score (nSPS) is 11.0. The van der Waals surface area contributed by atoms with E-state index in [9.17, 15) is 0 Å². The molecule has 0 aliphatic carbocycles. The maximum atomic E-state index is 8.63. The highest BCUT2D eigenvalue weighted by Crippen LogP contribution is 2.20. The lowest BCUT2D eigenvalue weighted by atomic mass is 9.96. The van der Waals surface area contributed by atoms with Crippen molar-refractivity contribution in [2.75, 3.05) is 18.0 Å². The van der Waals surface area contributed by atoms with Crippen LogP contribution in [0.5, 0.6) is 0 Å². The maximum absolute atomic E-state index is 8.63. The average Bonchev–Trinajstić information content (AvgIpc) is 2.29. The Morgan fingerprint density at radius 2 is 2.12 bits per heavy atom. The second-order valence-corrected chi connectivity index (χ2v) is 4.98. The van der Waals surface area contributed by atoms with Crippen LogP contribution in [0.15, 0.2) is 12.3 Å². The van der Waals surface area contributed by atoms with Crippen LogP contribution in [0.4, 0.5) is 5.82 Å². The molecule has 0 amide bonds. The van der Waals surface area contributed by atoms with Gasteiger partial charge in [-0.15, -0.1) is 0 Å². The largest absolute Gasteiger partial charge is 0.356 e. The van der Waals surface area contributed by atoms with Crippen molar-refractivity contribution in [3.05, 3.63) is 18.1 Å². The van der Waals surface area contributed by atoms with Crippen LogP contribution in [0.1, 0.15) is 39.9 Å². The molecule has 0 N–H and O–H groups in total. The first-order chi connectivity index (χ1) is 7.99. The van der Waals surface area contributed by atoms with Gasteiger partial charge in [0, 0.05) is 24.7 Å². The van der Waals surface area contributed by atoms with Gasteiger partial charge < -0.3 is 4.90 Å². The van der Waals surface area contributed by atoms with Gasteiger partial charge in [-0.1, -0.05) is 20.8 Å². The van der Waals surface area contributed by atoms with Crippen LogP contribution in [0.2, 0.25) is 0 Å². The summed E-state index contributed by atoms with van der Waals surface area (Å²) in [5, 5.41) is 8.63. The minimum Gasteiger partial charge on any atom is -0.356 e. The molecule has 0 aromatic carbocycles. The molecular weight excluding hydrogens is 212 g/mol. The topological polar surface area (TPSA) is 52.8 Å². The molecule has 1 aromatic rings. The zero-order chi connectivity index (χ0) is 12.9. The lowest BCUT2D eigenvalue weighted by Gasteiger charge is -2.23. The number of aromatic nitrogens is 2. The predicted octanol–water partition coefficient (Wildman–Crippen LogP) is 2.51. The van der Waals surface area contributed by atoms with E-state index in [-0.39, 0.29) is 5.41 Å². The molecule has 0 atom stereocenters. The molecule has 0 spiro atoms. The molecule has 0 saturated carbocycles. The van der Waals surface area contributed by atoms with Gasteiger partial charge in [0.2, 0.25) is 0 Å². The van der Waals surface area contributed by atoms with Gasteiger partial charge in [0.1, 0.15) is 11.6 Å². The Morgan fingerprint density at radius 1 is 1.41 bits per heavy atom. The second-order valence-electron chi connectivity index (χ2n) is 4.98. The summed E-state index contributed by atoms with van der Waals surface area (Å²) in [6.45, 7) is 9.92. The van der Waals surface area contributed by atoms with Crippen LogP contribution in [0.25, 0.3) is 0 Å². The van der Waals surface area contributed by atoms with Crippen LogP contribution < -0.4 is 4.90 Å². The minimum atomic E-state index is -0.0509. The predicted molar refractivity (Wildman–Crippen MR) is 68.8 cm³/mol. The second kappa shape index (κ2) is 5.62. The Kier molecular flexibility index (Phi) is 4.45. The summed E-state index contributed by atoms with van der Waals surface area (Å²) in [4.78, 5) is 11.0. The Balaban J connectivity index is 2.93. The van der Waals surface area contributed by atoms with E-state index in [1.54, 1.807) is 6.20 Å². The molecule has 0 unspecified atom stereocenters. The first kappa shape index (κ1) is 13.4. The molecule has 4 nitrogen and oxygen atoms in total. The minimum absolute atomic E-state index is 0.0509. The molecule has 92 valence electrons. The number of nitriles is 1. The van der Waals surface area contributed by atoms with Gasteiger partial charge in [-0.2, -0.15) is 5.26 Å². The van der Waals surface area contributed by atoms with Crippen molar-refractivity contribution in [1.29, 1.82) is 5.26 Å². The number of hydrogen-bond acceptors (Lipinski definition) is 4. The highest BCUT2D eigenvalue weighted by molar-refractivity contribution is 5.38. The number of rotatable bonds is 4. The smallest absolute Gasteiger partial charge is 0.135 e. The number of anilines is 1. The zero-order valence-corrected chi connectivity index (χ0v) is 11.1. The molecule has 0 fully saturated rings. The Labute approximate surface area is 103 Å². The van der Waals surface area contributed by atoms with Crippen molar-refractivity contribution in [2.45, 2.75) is 39.5 Å². The highest BCUT2D eigenvalue weighted by atomic mass is 15.2. The number of hydrogen-bond donors (Lipinski definition) is 0. The molecule has 1 aromatic heterocycles. The number of nitrogens with zero attached hydrogens (tertiary/aromatic N) is 4. The lowest BCUT2D eigenvalue weighted by molar-refractivity contribution is 0.544. The molecule has 4 heteroatoms. The molecule has 0 saturated heterocycles. The summed E-state index contributed by atoms with van der Waals surface area (Å²) in [7, 11) is 0. The van der Waals surface area contributed by atoms with Crippen molar-refractivity contribution in [2.24, 2.45) is 0 Å². The van der Waals surface area contributed by atoms with Gasteiger partial charge >= 0.3 is 0 Å². The van der Waals surface area contributed by atoms with Gasteiger partial charge in [0.25, 0.3) is 0 Å². The monoisotopic (exact) mass is 232 g/mol. The Hall–Kier alpha value is -1.63. The molecule has 0 radical (unpaired) electrons. The van der Waals surface area contributed by atoms with Gasteiger partial charge in [-0.25, -0.2) is 9.97 Å². The van der Waals surface area contributed by atoms with E-state index >= 15 is 0 Å². The van der Waals surface area contributed by atoms with Gasteiger partial charge in [-0.3, -0.25) is 0 Å². The van der Waals surface area contributed by atoms with Crippen molar-refractivity contribution in [1.82, 2.24) is 9.97 Å². The summed E-state index contributed by atoms with van der Waals surface area (Å²) in [6.07, 6.45) is 2.31. The lowest BCUT2D eigenvalue weighted by Crippen LogP contribution is -2.26. The fourth-order valence-corrected chi connectivity index (χ4v) is 1.51. The van der Waals surface area contributed by atoms with Crippen LogP contribution in [0, 0.1) is 11.3 Å². The highest BCUT2D eigenvalue weighted by Gasteiger charge is 2.18. The summed E-state index contributed by atoms with van der Waals surface area (Å²) in [6, 6.07) is 4.06. The zero-order valence-electron chi connectivity index (χ0n) is 11.1. The van der Waals surface area contributed by atoms with Crippen LogP contribution in [0.3, 0.4) is 0 Å². The van der Waals surface area contributed by atoms with E-state index in [1.807, 2.05) is 6.07 Å². The maximum Gasteiger partial charge on any atom is 0.135 e. The van der Waals surface area contributed by atoms with E-state index in [4.69, 9.17) is 5.26 Å². The van der Waals surface area contributed by atoms with Crippen molar-refractivity contribution >= 4 is 5.82 Å². The summed E-state index contributed by atoms with van der Waals surface area (Å²) in [5.74, 6) is 1.74. The first-order valence-electron chi connectivity index (χ1n) is 5.94. The molecule has 1 rings (SSSR count). The van der Waals surface area contributed by atoms with Crippen molar-refractivity contribution in [3.8, 4) is 6.07 Å². The summed E-state index contributed by atoms with van der Waals surface area (Å²) in [5.41, 5.74) is -0.0509. The molecule has 0 aliphatic rings. The van der Waals surface area contributed by atoms with E-state index in [2.05, 4.69) is 48.6 Å². The molecule has 17 heavy (non-hydrogen) atoms. The standard InChI is InChI=1S/C13H20N4/c1-5-17(10-6-8-14)11-7-9-15-12(16-11)13(2,3)4/h7,9H,5-6,10H2,1-4H3. The van der Waals surface area contributed by atoms with Crippen molar-refractivity contribution in [3.63, 3.8) is 0 Å². The fourth-order valence-electron chi connectivity index (χ4n) is 1.51. The van der Waals surface area contributed by atoms with Gasteiger partial charge in [0.15, 0.2) is 0 Å². The fraction of sp³-hybridized carbons (Fsp3) is 0.615. The van der Waals surface area contributed by atoms with Crippen LogP contribution in [-0.2, 0) is 5.41 Å². The Morgan fingerprint density at radius 3 is 2.65 bits per heavy atom. The Bertz CT molecular complexity index is 401. The molecule has 0 aliphatic heterocycles. The van der Waals surface area contributed by atoms with E-state index in [0.29, 0.717) is 13.0 Å². The third kappa shape index (κ3) is 3.70. The quantitative estimate of drug-likeness (QED) is 0.800. The third-order valence-electron chi connectivity index (χ3n) is 2.51. The van der Waals surface area contributed by atoms with Crippen LogP contribution in [-0.4, -0.2) is 23.1 Å². The average molecular weight is 232 g/mol. The van der Waals surface area contributed by atoms with E-state index in [1.165, 1.54) is 0 Å². The van der Waals surface area contributed by atoms with Gasteiger partial charge in [-0.05, 0) is 13.0 Å². The SMILES string of the molecule is CCN(CCC#N)c1ccnc(C(C)(C)C)n1. The third-order valence-corrected chi connectivity index (χ3v) is 2.51. The van der Waals surface area contributed by atoms with E-state index < -0.39 is 0 Å². The summed E-state index contributed by atoms with van der Waals surface area (Å²) >= 11 is 0. The van der Waals surface area contributed by atoms with Crippen molar-refractivity contribution < 1.29 is 0 Å². The molecule has 1 heterocycles. The van der Waals surface area contributed by atoms with Crippen LogP contribution >= 0.6 is 0 Å². The summed E-state index contributed by atoms with van der Waals surface area (Å²) < 4.78 is 0.